The van der Waals surface area contributed by atoms with E-state index in [9.17, 15) is 27.9 Å². The molecule has 0 aliphatic rings. The Morgan fingerprint density at radius 3 is 2.46 bits per heavy atom. The highest BCUT2D eigenvalue weighted by Crippen LogP contribution is 2.34. The maximum atomic E-state index is 12.9. The van der Waals surface area contributed by atoms with Crippen molar-refractivity contribution in [1.82, 2.24) is 0 Å². The van der Waals surface area contributed by atoms with Gasteiger partial charge >= 0.3 is 12.1 Å². The highest BCUT2D eigenvalue weighted by atomic mass is 35.5. The maximum Gasteiger partial charge on any atom is 0.418 e. The summed E-state index contributed by atoms with van der Waals surface area (Å²) in [6.07, 6.45) is -6.06. The fourth-order valence-corrected chi connectivity index (χ4v) is 2.19. The minimum Gasteiger partial charge on any atom is -0.507 e. The van der Waals surface area contributed by atoms with Crippen LogP contribution in [0.1, 0.15) is 22.8 Å². The number of amides is 1. The third kappa shape index (κ3) is 4.66. The molecule has 1 atom stereocenters. The van der Waals surface area contributed by atoms with E-state index in [4.69, 9.17) is 16.3 Å². The van der Waals surface area contributed by atoms with E-state index in [1.807, 2.05) is 0 Å². The predicted molar refractivity (Wildman–Crippen MR) is 88.1 cm³/mol. The smallest absolute Gasteiger partial charge is 0.418 e. The van der Waals surface area contributed by atoms with Crippen molar-refractivity contribution in [3.05, 3.63) is 58.6 Å². The van der Waals surface area contributed by atoms with Crippen LogP contribution in [0.3, 0.4) is 0 Å². The Morgan fingerprint density at radius 2 is 1.85 bits per heavy atom. The van der Waals surface area contributed by atoms with Gasteiger partial charge in [0.15, 0.2) is 6.10 Å². The molecule has 0 aliphatic heterocycles. The van der Waals surface area contributed by atoms with Crippen LogP contribution in [-0.2, 0) is 15.7 Å². The van der Waals surface area contributed by atoms with Crippen LogP contribution in [0.15, 0.2) is 42.5 Å². The normalized spacial score (nSPS) is 12.3. The first-order chi connectivity index (χ1) is 12.1. The molecule has 26 heavy (non-hydrogen) atoms. The van der Waals surface area contributed by atoms with Crippen LogP contribution in [-0.4, -0.2) is 23.1 Å². The van der Waals surface area contributed by atoms with Gasteiger partial charge in [-0.25, -0.2) is 4.79 Å². The average molecular weight is 388 g/mol. The molecular weight excluding hydrogens is 375 g/mol. The average Bonchev–Trinajstić information content (AvgIpc) is 2.54. The molecule has 0 aliphatic carbocycles. The molecule has 2 aromatic rings. The van der Waals surface area contributed by atoms with Gasteiger partial charge in [-0.15, -0.1) is 0 Å². The number of para-hydroxylation sites is 1. The van der Waals surface area contributed by atoms with Gasteiger partial charge in [0.05, 0.1) is 11.3 Å². The zero-order chi connectivity index (χ0) is 19.5. The van der Waals surface area contributed by atoms with Crippen LogP contribution in [0, 0.1) is 0 Å². The van der Waals surface area contributed by atoms with Gasteiger partial charge in [0.2, 0.25) is 0 Å². The fraction of sp³-hybridized carbons (Fsp3) is 0.176. The second kappa shape index (κ2) is 7.65. The standard InChI is InChI=1S/C17H13ClF3NO4/c1-9(26-16(25)11-7-6-10(18)8-14(11)23)15(24)22-13-5-3-2-4-12(13)17(19,20)21/h2-9,23H,1H3,(H,22,24)/t9-/m0/s1. The number of rotatable bonds is 4. The lowest BCUT2D eigenvalue weighted by atomic mass is 10.1. The van der Waals surface area contributed by atoms with Crippen molar-refractivity contribution in [2.24, 2.45) is 0 Å². The van der Waals surface area contributed by atoms with E-state index in [0.717, 1.165) is 18.2 Å². The number of phenols is 1. The van der Waals surface area contributed by atoms with E-state index in [-0.39, 0.29) is 10.6 Å². The SMILES string of the molecule is C[C@H](OC(=O)c1ccc(Cl)cc1O)C(=O)Nc1ccccc1C(F)(F)F. The molecule has 0 saturated heterocycles. The lowest BCUT2D eigenvalue weighted by Gasteiger charge is -2.17. The fourth-order valence-electron chi connectivity index (χ4n) is 2.03. The largest absolute Gasteiger partial charge is 0.507 e. The van der Waals surface area contributed by atoms with Gasteiger partial charge in [-0.05, 0) is 37.3 Å². The van der Waals surface area contributed by atoms with Gasteiger partial charge in [0.25, 0.3) is 5.91 Å². The molecule has 0 heterocycles. The van der Waals surface area contributed by atoms with Crippen LogP contribution in [0.4, 0.5) is 18.9 Å². The van der Waals surface area contributed by atoms with Crippen molar-refractivity contribution in [2.45, 2.75) is 19.2 Å². The molecule has 0 fully saturated rings. The molecule has 1 amide bonds. The zero-order valence-electron chi connectivity index (χ0n) is 13.3. The van der Waals surface area contributed by atoms with Gasteiger partial charge in [0.1, 0.15) is 11.3 Å². The van der Waals surface area contributed by atoms with Gasteiger partial charge < -0.3 is 15.2 Å². The van der Waals surface area contributed by atoms with Crippen LogP contribution in [0.2, 0.25) is 5.02 Å². The van der Waals surface area contributed by atoms with Crippen molar-refractivity contribution < 1.29 is 32.6 Å². The number of esters is 1. The summed E-state index contributed by atoms with van der Waals surface area (Å²) in [6.45, 7) is 1.19. The van der Waals surface area contributed by atoms with E-state index in [1.165, 1.54) is 31.2 Å². The number of hydrogen-bond donors (Lipinski definition) is 2. The zero-order valence-corrected chi connectivity index (χ0v) is 14.1. The Morgan fingerprint density at radius 1 is 1.19 bits per heavy atom. The van der Waals surface area contributed by atoms with E-state index in [0.29, 0.717) is 0 Å². The Labute approximate surface area is 151 Å². The van der Waals surface area contributed by atoms with E-state index in [1.54, 1.807) is 0 Å². The summed E-state index contributed by atoms with van der Waals surface area (Å²) in [5, 5.41) is 11.9. The van der Waals surface area contributed by atoms with Crippen molar-refractivity contribution >= 4 is 29.2 Å². The number of nitrogens with one attached hydrogen (secondary N) is 1. The molecule has 0 aromatic heterocycles. The van der Waals surface area contributed by atoms with Gasteiger partial charge in [-0.2, -0.15) is 13.2 Å². The number of benzene rings is 2. The number of hydrogen-bond acceptors (Lipinski definition) is 4. The molecule has 2 aromatic carbocycles. The second-order valence-corrected chi connectivity index (χ2v) is 5.68. The molecule has 0 bridgehead atoms. The predicted octanol–water partition coefficient (Wildman–Crippen LogP) is 4.25. The molecule has 9 heteroatoms. The summed E-state index contributed by atoms with van der Waals surface area (Å²) >= 11 is 5.65. The first-order valence-electron chi connectivity index (χ1n) is 7.26. The van der Waals surface area contributed by atoms with Crippen molar-refractivity contribution in [1.29, 1.82) is 0 Å². The third-order valence-electron chi connectivity index (χ3n) is 3.32. The number of aromatic hydroxyl groups is 1. The first-order valence-corrected chi connectivity index (χ1v) is 7.64. The number of phenolic OH excluding ortho intramolecular Hbond substituents is 1. The maximum absolute atomic E-state index is 12.9. The minimum atomic E-state index is -4.65. The molecule has 2 rings (SSSR count). The number of carbonyl (C=O) groups is 2. The van der Waals surface area contributed by atoms with Gasteiger partial charge in [-0.1, -0.05) is 23.7 Å². The van der Waals surface area contributed by atoms with Gasteiger partial charge in [0, 0.05) is 5.02 Å². The lowest BCUT2D eigenvalue weighted by Crippen LogP contribution is -2.30. The highest BCUT2D eigenvalue weighted by Gasteiger charge is 2.34. The highest BCUT2D eigenvalue weighted by molar-refractivity contribution is 6.30. The lowest BCUT2D eigenvalue weighted by molar-refractivity contribution is -0.137. The first kappa shape index (κ1) is 19.6. The molecule has 5 nitrogen and oxygen atoms in total. The number of anilines is 1. The molecule has 2 N–H and O–H groups in total. The summed E-state index contributed by atoms with van der Waals surface area (Å²) in [6, 6.07) is 8.06. The molecule has 0 saturated carbocycles. The number of ether oxygens (including phenoxy) is 1. The Hall–Kier alpha value is -2.74. The number of halogens is 4. The van der Waals surface area contributed by atoms with Crippen LogP contribution >= 0.6 is 11.6 Å². The van der Waals surface area contributed by atoms with Crippen molar-refractivity contribution in [2.75, 3.05) is 5.32 Å². The Kier molecular flexibility index (Phi) is 5.76. The molecular formula is C17H13ClF3NO4. The molecule has 0 spiro atoms. The van der Waals surface area contributed by atoms with Crippen molar-refractivity contribution in [3.8, 4) is 5.75 Å². The third-order valence-corrected chi connectivity index (χ3v) is 3.56. The monoisotopic (exact) mass is 387 g/mol. The minimum absolute atomic E-state index is 0.189. The number of alkyl halides is 3. The summed E-state index contributed by atoms with van der Waals surface area (Å²) in [7, 11) is 0. The van der Waals surface area contributed by atoms with E-state index >= 15 is 0 Å². The second-order valence-electron chi connectivity index (χ2n) is 5.24. The summed E-state index contributed by atoms with van der Waals surface area (Å²) in [4.78, 5) is 24.0. The van der Waals surface area contributed by atoms with Crippen LogP contribution in [0.25, 0.3) is 0 Å². The van der Waals surface area contributed by atoms with E-state index < -0.39 is 41.2 Å². The topological polar surface area (TPSA) is 75.6 Å². The molecule has 0 radical (unpaired) electrons. The summed E-state index contributed by atoms with van der Waals surface area (Å²) < 4.78 is 43.7. The quantitative estimate of drug-likeness (QED) is 0.769. The molecule has 138 valence electrons. The molecule has 0 unspecified atom stereocenters. The van der Waals surface area contributed by atoms with Crippen molar-refractivity contribution in [3.63, 3.8) is 0 Å². The summed E-state index contributed by atoms with van der Waals surface area (Å²) in [5.41, 5.74) is -1.71. The van der Waals surface area contributed by atoms with E-state index in [2.05, 4.69) is 5.32 Å². The number of carbonyl (C=O) groups excluding carboxylic acids is 2. The van der Waals surface area contributed by atoms with Gasteiger partial charge in [-0.3, -0.25) is 4.79 Å². The van der Waals surface area contributed by atoms with Crippen LogP contribution < -0.4 is 5.32 Å². The Bertz CT molecular complexity index is 839. The Balaban J connectivity index is 2.10. The summed E-state index contributed by atoms with van der Waals surface area (Å²) in [5.74, 6) is -2.42. The van der Waals surface area contributed by atoms with Crippen LogP contribution in [0.5, 0.6) is 5.75 Å².